The topological polar surface area (TPSA) is 75.6 Å². The van der Waals surface area contributed by atoms with Gasteiger partial charge < -0.3 is 15.2 Å². The van der Waals surface area contributed by atoms with Gasteiger partial charge in [0.05, 0.1) is 23.4 Å². The van der Waals surface area contributed by atoms with E-state index < -0.39 is 11.5 Å². The molecule has 0 aromatic carbocycles. The molecule has 98 valence electrons. The van der Waals surface area contributed by atoms with E-state index in [1.54, 1.807) is 0 Å². The van der Waals surface area contributed by atoms with Gasteiger partial charge in [-0.15, -0.1) is 11.3 Å². The van der Waals surface area contributed by atoms with Crippen molar-refractivity contribution in [1.82, 2.24) is 5.32 Å². The molecule has 1 saturated heterocycles. The minimum atomic E-state index is -0.927. The van der Waals surface area contributed by atoms with Gasteiger partial charge in [0.15, 0.2) is 0 Å². The fourth-order valence-corrected chi connectivity index (χ4v) is 2.90. The molecule has 5 nitrogen and oxygen atoms in total. The minimum absolute atomic E-state index is 0.108. The second-order valence-electron chi connectivity index (χ2n) is 4.54. The SMILES string of the molecule is Cc1ccsc1C(=O)NC1(CC(=O)O)CCOC1. The largest absolute Gasteiger partial charge is 0.481 e. The van der Waals surface area contributed by atoms with E-state index in [4.69, 9.17) is 9.84 Å². The molecule has 6 heteroatoms. The average Bonchev–Trinajstić information content (AvgIpc) is 2.86. The van der Waals surface area contributed by atoms with E-state index in [9.17, 15) is 9.59 Å². The predicted molar refractivity (Wildman–Crippen MR) is 66.9 cm³/mol. The Morgan fingerprint density at radius 1 is 1.61 bits per heavy atom. The van der Waals surface area contributed by atoms with Gasteiger partial charge in [0.25, 0.3) is 5.91 Å². The molecular formula is C12H15NO4S. The number of amides is 1. The van der Waals surface area contributed by atoms with E-state index >= 15 is 0 Å². The van der Waals surface area contributed by atoms with E-state index in [1.165, 1.54) is 11.3 Å². The smallest absolute Gasteiger partial charge is 0.305 e. The molecule has 0 radical (unpaired) electrons. The summed E-state index contributed by atoms with van der Waals surface area (Å²) in [6.07, 6.45) is 0.429. The van der Waals surface area contributed by atoms with Crippen molar-refractivity contribution >= 4 is 23.2 Å². The zero-order valence-corrected chi connectivity index (χ0v) is 10.9. The van der Waals surface area contributed by atoms with Gasteiger partial charge >= 0.3 is 5.97 Å². The van der Waals surface area contributed by atoms with Crippen LogP contribution in [0.25, 0.3) is 0 Å². The number of carboxylic acid groups (broad SMARTS) is 1. The van der Waals surface area contributed by atoms with Crippen molar-refractivity contribution in [2.45, 2.75) is 25.3 Å². The summed E-state index contributed by atoms with van der Waals surface area (Å²) in [5.41, 5.74) is 0.140. The summed E-state index contributed by atoms with van der Waals surface area (Å²) < 4.78 is 5.24. The predicted octanol–water partition coefficient (Wildman–Crippen LogP) is 1.42. The van der Waals surface area contributed by atoms with Crippen molar-refractivity contribution in [3.05, 3.63) is 21.9 Å². The van der Waals surface area contributed by atoms with Gasteiger partial charge in [-0.2, -0.15) is 0 Å². The third-order valence-electron chi connectivity index (χ3n) is 3.04. The van der Waals surface area contributed by atoms with Crippen LogP contribution in [-0.2, 0) is 9.53 Å². The third kappa shape index (κ3) is 2.70. The number of ether oxygens (including phenoxy) is 1. The van der Waals surface area contributed by atoms with Crippen LogP contribution in [0.2, 0.25) is 0 Å². The first-order valence-corrected chi connectivity index (χ1v) is 6.56. The highest BCUT2D eigenvalue weighted by molar-refractivity contribution is 7.12. The number of carbonyl (C=O) groups is 2. The summed E-state index contributed by atoms with van der Waals surface area (Å²) in [4.78, 5) is 23.6. The van der Waals surface area contributed by atoms with Crippen LogP contribution in [0.3, 0.4) is 0 Å². The quantitative estimate of drug-likeness (QED) is 0.866. The van der Waals surface area contributed by atoms with Gasteiger partial charge in [0.1, 0.15) is 0 Å². The molecule has 1 fully saturated rings. The molecule has 1 unspecified atom stereocenters. The number of carboxylic acids is 1. The van der Waals surface area contributed by atoms with Gasteiger partial charge in [-0.05, 0) is 30.4 Å². The molecule has 0 spiro atoms. The summed E-state index contributed by atoms with van der Waals surface area (Å²) in [6, 6.07) is 1.87. The zero-order chi connectivity index (χ0) is 13.2. The van der Waals surface area contributed by atoms with Crippen LogP contribution in [0.1, 0.15) is 28.1 Å². The maximum Gasteiger partial charge on any atom is 0.305 e. The average molecular weight is 269 g/mol. The molecule has 0 saturated carbocycles. The van der Waals surface area contributed by atoms with Gasteiger partial charge in [-0.1, -0.05) is 0 Å². The molecule has 2 N–H and O–H groups in total. The number of aliphatic carboxylic acids is 1. The fraction of sp³-hybridized carbons (Fsp3) is 0.500. The van der Waals surface area contributed by atoms with Crippen LogP contribution in [0.4, 0.5) is 0 Å². The van der Waals surface area contributed by atoms with Crippen molar-refractivity contribution in [2.75, 3.05) is 13.2 Å². The van der Waals surface area contributed by atoms with Crippen molar-refractivity contribution < 1.29 is 19.4 Å². The Morgan fingerprint density at radius 3 is 2.89 bits per heavy atom. The summed E-state index contributed by atoms with van der Waals surface area (Å²) >= 11 is 1.36. The maximum atomic E-state index is 12.1. The van der Waals surface area contributed by atoms with Crippen LogP contribution in [0.15, 0.2) is 11.4 Å². The Morgan fingerprint density at radius 2 is 2.39 bits per heavy atom. The van der Waals surface area contributed by atoms with Crippen LogP contribution in [0, 0.1) is 6.92 Å². The van der Waals surface area contributed by atoms with Gasteiger partial charge in [-0.3, -0.25) is 9.59 Å². The van der Waals surface area contributed by atoms with Crippen molar-refractivity contribution in [1.29, 1.82) is 0 Å². The number of carbonyl (C=O) groups excluding carboxylic acids is 1. The molecule has 1 aliphatic heterocycles. The fourth-order valence-electron chi connectivity index (χ4n) is 2.08. The second kappa shape index (κ2) is 5.07. The van der Waals surface area contributed by atoms with Gasteiger partial charge in [0, 0.05) is 6.61 Å². The van der Waals surface area contributed by atoms with Crippen molar-refractivity contribution in [3.63, 3.8) is 0 Å². The number of nitrogens with one attached hydrogen (secondary N) is 1. The van der Waals surface area contributed by atoms with Crippen LogP contribution >= 0.6 is 11.3 Å². The number of thiophene rings is 1. The molecule has 1 aromatic rings. The standard InChI is InChI=1S/C12H15NO4S/c1-8-2-5-18-10(8)11(16)13-12(6-9(14)15)3-4-17-7-12/h2,5H,3-4,6-7H2,1H3,(H,13,16)(H,14,15). The molecule has 18 heavy (non-hydrogen) atoms. The molecule has 1 aromatic heterocycles. The molecule has 1 amide bonds. The normalized spacial score (nSPS) is 22.9. The van der Waals surface area contributed by atoms with Crippen LogP contribution in [-0.4, -0.2) is 35.7 Å². The minimum Gasteiger partial charge on any atom is -0.481 e. The summed E-state index contributed by atoms with van der Waals surface area (Å²) in [5, 5.41) is 13.6. The third-order valence-corrected chi connectivity index (χ3v) is 4.06. The Bertz CT molecular complexity index is 462. The lowest BCUT2D eigenvalue weighted by Gasteiger charge is -2.26. The van der Waals surface area contributed by atoms with Crippen LogP contribution in [0.5, 0.6) is 0 Å². The first-order chi connectivity index (χ1) is 8.52. The molecule has 0 aliphatic carbocycles. The zero-order valence-electron chi connectivity index (χ0n) is 10.1. The molecule has 1 atom stereocenters. The number of rotatable bonds is 4. The van der Waals surface area contributed by atoms with Crippen molar-refractivity contribution in [3.8, 4) is 0 Å². The van der Waals surface area contributed by atoms with E-state index in [-0.39, 0.29) is 18.9 Å². The Balaban J connectivity index is 2.12. The number of aryl methyl sites for hydroxylation is 1. The van der Waals surface area contributed by atoms with E-state index in [1.807, 2.05) is 18.4 Å². The van der Waals surface area contributed by atoms with Crippen molar-refractivity contribution in [2.24, 2.45) is 0 Å². The van der Waals surface area contributed by atoms with E-state index in [2.05, 4.69) is 5.32 Å². The maximum absolute atomic E-state index is 12.1. The van der Waals surface area contributed by atoms with E-state index in [0.29, 0.717) is 17.9 Å². The number of hydrogen-bond acceptors (Lipinski definition) is 4. The first-order valence-electron chi connectivity index (χ1n) is 5.69. The van der Waals surface area contributed by atoms with Crippen LogP contribution < -0.4 is 5.32 Å². The number of hydrogen-bond donors (Lipinski definition) is 2. The summed E-state index contributed by atoms with van der Waals surface area (Å²) in [7, 11) is 0. The summed E-state index contributed by atoms with van der Waals surface area (Å²) in [5.74, 6) is -1.14. The van der Waals surface area contributed by atoms with Gasteiger partial charge in [0.2, 0.25) is 0 Å². The molecule has 0 bridgehead atoms. The Kier molecular flexibility index (Phi) is 3.68. The lowest BCUT2D eigenvalue weighted by atomic mass is 9.94. The first kappa shape index (κ1) is 13.0. The van der Waals surface area contributed by atoms with E-state index in [0.717, 1.165) is 5.56 Å². The van der Waals surface area contributed by atoms with Gasteiger partial charge in [-0.25, -0.2) is 0 Å². The monoisotopic (exact) mass is 269 g/mol. The second-order valence-corrected chi connectivity index (χ2v) is 5.46. The molecule has 1 aliphatic rings. The lowest BCUT2D eigenvalue weighted by Crippen LogP contribution is -2.50. The summed E-state index contributed by atoms with van der Waals surface area (Å²) in [6.45, 7) is 2.60. The Hall–Kier alpha value is -1.40. The highest BCUT2D eigenvalue weighted by Crippen LogP contribution is 2.24. The molecular weight excluding hydrogens is 254 g/mol. The highest BCUT2D eigenvalue weighted by Gasteiger charge is 2.39. The highest BCUT2D eigenvalue weighted by atomic mass is 32.1. The lowest BCUT2D eigenvalue weighted by molar-refractivity contribution is -0.138. The molecule has 2 heterocycles. The molecule has 2 rings (SSSR count). The Labute approximate surface area is 109 Å².